The van der Waals surface area contributed by atoms with E-state index in [-0.39, 0.29) is 0 Å². The van der Waals surface area contributed by atoms with Gasteiger partial charge in [-0.3, -0.25) is 0 Å². The molecule has 3 heterocycles. The fourth-order valence-electron chi connectivity index (χ4n) is 2.22. The van der Waals surface area contributed by atoms with Crippen molar-refractivity contribution < 1.29 is 4.42 Å². The molecule has 1 aliphatic heterocycles. The second-order valence-corrected chi connectivity index (χ2v) is 5.85. The lowest BCUT2D eigenvalue weighted by Gasteiger charge is -2.08. The third kappa shape index (κ3) is 2.09. The van der Waals surface area contributed by atoms with Gasteiger partial charge in [0.2, 0.25) is 4.45 Å². The zero-order valence-corrected chi connectivity index (χ0v) is 12.4. The molecule has 1 atom stereocenters. The van der Waals surface area contributed by atoms with E-state index < -0.39 is 4.45 Å². The van der Waals surface area contributed by atoms with Crippen molar-refractivity contribution in [1.29, 1.82) is 0 Å². The Hall–Kier alpha value is -2.28. The topological polar surface area (TPSA) is 69.1 Å². The van der Waals surface area contributed by atoms with Gasteiger partial charge in [0.05, 0.1) is 12.8 Å². The zero-order chi connectivity index (χ0) is 14.3. The van der Waals surface area contributed by atoms with E-state index in [2.05, 4.69) is 36.4 Å². The van der Waals surface area contributed by atoms with Crippen molar-refractivity contribution in [3.05, 3.63) is 65.9 Å². The van der Waals surface area contributed by atoms with Crippen molar-refractivity contribution in [3.63, 3.8) is 0 Å². The van der Waals surface area contributed by atoms with E-state index in [1.165, 1.54) is 0 Å². The standard InChI is InChI=1S/C14H10BrN5O/c15-14(12(16-14)11-7-4-8-21-11)13-17-18-19-20(13)9-10-5-2-1-3-6-10/h1-8H,9H2. The van der Waals surface area contributed by atoms with Crippen LogP contribution in [0.3, 0.4) is 0 Å². The lowest BCUT2D eigenvalue weighted by molar-refractivity contribution is 0.557. The first kappa shape index (κ1) is 12.5. The first-order valence-corrected chi connectivity index (χ1v) is 7.20. The molecule has 2 aromatic heterocycles. The fraction of sp³-hybridized carbons (Fsp3) is 0.143. The second kappa shape index (κ2) is 4.63. The van der Waals surface area contributed by atoms with Crippen LogP contribution >= 0.6 is 15.9 Å². The molecular formula is C14H10BrN5O. The van der Waals surface area contributed by atoms with Crippen LogP contribution in [0.4, 0.5) is 0 Å². The van der Waals surface area contributed by atoms with Gasteiger partial charge in [0.1, 0.15) is 5.71 Å². The molecule has 0 amide bonds. The molecule has 0 fully saturated rings. The molecule has 0 radical (unpaired) electrons. The molecule has 0 spiro atoms. The van der Waals surface area contributed by atoms with E-state index in [4.69, 9.17) is 4.42 Å². The number of aromatic nitrogens is 4. The van der Waals surface area contributed by atoms with Gasteiger partial charge >= 0.3 is 0 Å². The number of rotatable bonds is 4. The smallest absolute Gasteiger partial charge is 0.221 e. The summed E-state index contributed by atoms with van der Waals surface area (Å²) in [5, 5.41) is 11.9. The highest BCUT2D eigenvalue weighted by Gasteiger charge is 2.53. The molecule has 3 aromatic rings. The molecule has 7 heteroatoms. The predicted octanol–water partition coefficient (Wildman–Crippen LogP) is 2.37. The summed E-state index contributed by atoms with van der Waals surface area (Å²) in [4.78, 5) is 4.45. The number of nitrogens with zero attached hydrogens (tertiary/aromatic N) is 5. The Kier molecular flexibility index (Phi) is 2.75. The summed E-state index contributed by atoms with van der Waals surface area (Å²) in [6.07, 6.45) is 1.62. The third-order valence-electron chi connectivity index (χ3n) is 3.29. The molecule has 21 heavy (non-hydrogen) atoms. The number of hydrogen-bond acceptors (Lipinski definition) is 5. The monoisotopic (exact) mass is 343 g/mol. The summed E-state index contributed by atoms with van der Waals surface area (Å²) < 4.78 is 6.43. The first-order valence-electron chi connectivity index (χ1n) is 6.41. The van der Waals surface area contributed by atoms with E-state index in [9.17, 15) is 0 Å². The number of alkyl halides is 1. The molecular weight excluding hydrogens is 334 g/mol. The van der Waals surface area contributed by atoms with Crippen molar-refractivity contribution in [1.82, 2.24) is 20.2 Å². The van der Waals surface area contributed by atoms with E-state index in [0.717, 1.165) is 17.0 Å². The summed E-state index contributed by atoms with van der Waals surface area (Å²) >= 11 is 3.60. The first-order chi connectivity index (χ1) is 10.3. The minimum atomic E-state index is -0.677. The van der Waals surface area contributed by atoms with Gasteiger partial charge in [-0.1, -0.05) is 30.3 Å². The molecule has 1 aliphatic rings. The third-order valence-corrected chi connectivity index (χ3v) is 4.20. The van der Waals surface area contributed by atoms with Gasteiger partial charge in [0.25, 0.3) is 0 Å². The molecule has 0 N–H and O–H groups in total. The van der Waals surface area contributed by atoms with Crippen LogP contribution in [0.2, 0.25) is 0 Å². The maximum atomic E-state index is 5.37. The Morgan fingerprint density at radius 1 is 1.14 bits per heavy atom. The second-order valence-electron chi connectivity index (χ2n) is 4.71. The molecule has 1 unspecified atom stereocenters. The summed E-state index contributed by atoms with van der Waals surface area (Å²) in [6.45, 7) is 0.595. The van der Waals surface area contributed by atoms with E-state index in [1.54, 1.807) is 10.9 Å². The largest absolute Gasteiger partial charge is 0.463 e. The van der Waals surface area contributed by atoms with E-state index in [1.807, 2.05) is 42.5 Å². The van der Waals surface area contributed by atoms with E-state index >= 15 is 0 Å². The lowest BCUT2D eigenvalue weighted by atomic mass is 10.2. The van der Waals surface area contributed by atoms with Crippen LogP contribution in [-0.2, 0) is 11.0 Å². The van der Waals surface area contributed by atoms with Crippen LogP contribution in [0.25, 0.3) is 0 Å². The molecule has 0 bridgehead atoms. The van der Waals surface area contributed by atoms with Crippen molar-refractivity contribution in [2.45, 2.75) is 11.0 Å². The summed E-state index contributed by atoms with van der Waals surface area (Å²) in [5.74, 6) is 1.37. The van der Waals surface area contributed by atoms with Gasteiger partial charge < -0.3 is 4.42 Å². The van der Waals surface area contributed by atoms with Crippen molar-refractivity contribution in [2.75, 3.05) is 0 Å². The van der Waals surface area contributed by atoms with Crippen LogP contribution in [0.1, 0.15) is 17.1 Å². The van der Waals surface area contributed by atoms with Crippen LogP contribution in [0, 0.1) is 0 Å². The van der Waals surface area contributed by atoms with Crippen molar-refractivity contribution >= 4 is 21.6 Å². The Morgan fingerprint density at radius 2 is 2.00 bits per heavy atom. The maximum Gasteiger partial charge on any atom is 0.221 e. The molecule has 4 rings (SSSR count). The molecule has 104 valence electrons. The van der Waals surface area contributed by atoms with Gasteiger partial charge in [0.15, 0.2) is 11.6 Å². The van der Waals surface area contributed by atoms with Gasteiger partial charge in [-0.15, -0.1) is 5.10 Å². The number of hydrogen-bond donors (Lipinski definition) is 0. The maximum absolute atomic E-state index is 5.37. The quantitative estimate of drug-likeness (QED) is 0.538. The minimum Gasteiger partial charge on any atom is -0.463 e. The molecule has 1 aromatic carbocycles. The SMILES string of the molecule is BrC1(c2nnnn2Cc2ccccc2)N=C1c1ccco1. The van der Waals surface area contributed by atoms with Gasteiger partial charge in [-0.05, 0) is 44.1 Å². The van der Waals surface area contributed by atoms with E-state index in [0.29, 0.717) is 12.4 Å². The van der Waals surface area contributed by atoms with Crippen molar-refractivity contribution in [3.8, 4) is 0 Å². The van der Waals surface area contributed by atoms with Crippen LogP contribution in [0.15, 0.2) is 58.1 Å². The molecule has 0 saturated heterocycles. The fourth-order valence-corrected chi connectivity index (χ4v) is 2.88. The van der Waals surface area contributed by atoms with Gasteiger partial charge in [0, 0.05) is 0 Å². The lowest BCUT2D eigenvalue weighted by Crippen LogP contribution is -2.17. The van der Waals surface area contributed by atoms with Crippen LogP contribution < -0.4 is 0 Å². The summed E-state index contributed by atoms with van der Waals surface area (Å²) in [5.41, 5.74) is 1.93. The normalized spacial score (nSPS) is 20.3. The highest BCUT2D eigenvalue weighted by atomic mass is 79.9. The van der Waals surface area contributed by atoms with Crippen molar-refractivity contribution in [2.24, 2.45) is 4.99 Å². The number of furan rings is 1. The highest BCUT2D eigenvalue weighted by Crippen LogP contribution is 2.46. The average molecular weight is 344 g/mol. The molecule has 6 nitrogen and oxygen atoms in total. The van der Waals surface area contributed by atoms with Gasteiger partial charge in [-0.25, -0.2) is 9.67 Å². The Labute approximate surface area is 128 Å². The van der Waals surface area contributed by atoms with Crippen LogP contribution in [-0.4, -0.2) is 25.9 Å². The Bertz CT molecular complexity index is 796. The Morgan fingerprint density at radius 3 is 2.76 bits per heavy atom. The highest BCUT2D eigenvalue weighted by molar-refractivity contribution is 9.10. The van der Waals surface area contributed by atoms with Gasteiger partial charge in [-0.2, -0.15) is 0 Å². The van der Waals surface area contributed by atoms with Crippen LogP contribution in [0.5, 0.6) is 0 Å². The summed E-state index contributed by atoms with van der Waals surface area (Å²) in [7, 11) is 0. The molecule has 0 saturated carbocycles. The summed E-state index contributed by atoms with van der Waals surface area (Å²) in [6, 6.07) is 13.7. The number of tetrazole rings is 1. The average Bonchev–Trinajstić information content (AvgIpc) is 2.95. The number of aliphatic imine (C=N–C) groups is 1. The number of halogens is 1. The molecule has 0 aliphatic carbocycles. The zero-order valence-electron chi connectivity index (χ0n) is 10.8. The Balaban J connectivity index is 1.62. The minimum absolute atomic E-state index is 0.595. The number of benzene rings is 1. The predicted molar refractivity (Wildman–Crippen MR) is 79.2 cm³/mol.